The molecule has 0 unspecified atom stereocenters. The van der Waals surface area contributed by atoms with Gasteiger partial charge < -0.3 is 14.8 Å². The third-order valence-electron chi connectivity index (χ3n) is 2.58. The second-order valence-electron chi connectivity index (χ2n) is 3.97. The lowest BCUT2D eigenvalue weighted by Crippen LogP contribution is -1.99. The molecule has 19 heavy (non-hydrogen) atoms. The largest absolute Gasteiger partial charge is 0.478 e. The third kappa shape index (κ3) is 3.42. The summed E-state index contributed by atoms with van der Waals surface area (Å²) in [5.74, 6) is -0.0256. The van der Waals surface area contributed by atoms with Crippen LogP contribution in [-0.4, -0.2) is 11.1 Å². The molecule has 4 nitrogen and oxygen atoms in total. The van der Waals surface area contributed by atoms with E-state index in [1.807, 2.05) is 18.2 Å². The summed E-state index contributed by atoms with van der Waals surface area (Å²) in [5.41, 5.74) is 0.971. The second kappa shape index (κ2) is 5.83. The van der Waals surface area contributed by atoms with E-state index in [0.29, 0.717) is 23.1 Å². The molecule has 0 radical (unpaired) electrons. The van der Waals surface area contributed by atoms with Crippen molar-refractivity contribution >= 4 is 45.8 Å². The number of halogens is 2. The number of aromatic carboxylic acids is 1. The standard InChI is InChI=1S/C13H11ClINO3/c1-7-10(13(17)18)5-9(19-7)6-16-12-3-2-8(15)4-11(12)14/h2-5,16H,6H2,1H3,(H,17,18). The SMILES string of the molecule is Cc1oc(CNc2ccc(I)cc2Cl)cc1C(=O)O. The van der Waals surface area contributed by atoms with Gasteiger partial charge in [-0.05, 0) is 53.8 Å². The third-order valence-corrected chi connectivity index (χ3v) is 3.57. The Kier molecular flexibility index (Phi) is 4.36. The van der Waals surface area contributed by atoms with Crippen molar-refractivity contribution in [3.05, 3.63) is 49.9 Å². The monoisotopic (exact) mass is 391 g/mol. The maximum Gasteiger partial charge on any atom is 0.339 e. The highest BCUT2D eigenvalue weighted by molar-refractivity contribution is 14.1. The maximum atomic E-state index is 10.9. The minimum Gasteiger partial charge on any atom is -0.478 e. The summed E-state index contributed by atoms with van der Waals surface area (Å²) < 4.78 is 6.42. The fraction of sp³-hybridized carbons (Fsp3) is 0.154. The molecule has 1 aromatic heterocycles. The summed E-state index contributed by atoms with van der Waals surface area (Å²) in [6.07, 6.45) is 0. The van der Waals surface area contributed by atoms with Crippen molar-refractivity contribution in [2.24, 2.45) is 0 Å². The van der Waals surface area contributed by atoms with Crippen LogP contribution in [0.3, 0.4) is 0 Å². The van der Waals surface area contributed by atoms with Gasteiger partial charge in [-0.25, -0.2) is 4.79 Å². The van der Waals surface area contributed by atoms with Gasteiger partial charge in [-0.2, -0.15) is 0 Å². The average molecular weight is 392 g/mol. The molecule has 2 aromatic rings. The number of carboxylic acid groups (broad SMARTS) is 1. The lowest BCUT2D eigenvalue weighted by molar-refractivity contribution is 0.0695. The van der Waals surface area contributed by atoms with E-state index in [4.69, 9.17) is 21.1 Å². The van der Waals surface area contributed by atoms with Gasteiger partial charge in [0.2, 0.25) is 0 Å². The number of benzene rings is 1. The Labute approximate surface area is 128 Å². The van der Waals surface area contributed by atoms with Crippen molar-refractivity contribution in [3.63, 3.8) is 0 Å². The molecule has 2 rings (SSSR count). The average Bonchev–Trinajstić information content (AvgIpc) is 2.69. The van der Waals surface area contributed by atoms with Gasteiger partial charge in [0.1, 0.15) is 17.1 Å². The van der Waals surface area contributed by atoms with E-state index in [1.165, 1.54) is 6.07 Å². The number of hydrogen-bond donors (Lipinski definition) is 2. The molecule has 0 aliphatic rings. The smallest absolute Gasteiger partial charge is 0.339 e. The second-order valence-corrected chi connectivity index (χ2v) is 5.62. The molecule has 0 saturated carbocycles. The zero-order valence-corrected chi connectivity index (χ0v) is 12.9. The molecule has 0 aliphatic heterocycles. The predicted molar refractivity (Wildman–Crippen MR) is 81.9 cm³/mol. The zero-order valence-electron chi connectivity index (χ0n) is 10.0. The lowest BCUT2D eigenvalue weighted by Gasteiger charge is -2.06. The molecule has 0 amide bonds. The summed E-state index contributed by atoms with van der Waals surface area (Å²) in [4.78, 5) is 10.9. The van der Waals surface area contributed by atoms with Gasteiger partial charge >= 0.3 is 5.97 Å². The van der Waals surface area contributed by atoms with Gasteiger partial charge in [0, 0.05) is 3.57 Å². The predicted octanol–water partition coefficient (Wildman–Crippen LogP) is 4.16. The highest BCUT2D eigenvalue weighted by Crippen LogP contribution is 2.25. The van der Waals surface area contributed by atoms with E-state index < -0.39 is 5.97 Å². The number of anilines is 1. The van der Waals surface area contributed by atoms with E-state index in [9.17, 15) is 4.79 Å². The van der Waals surface area contributed by atoms with Crippen LogP contribution in [0.25, 0.3) is 0 Å². The maximum absolute atomic E-state index is 10.9. The van der Waals surface area contributed by atoms with Crippen LogP contribution >= 0.6 is 34.2 Å². The highest BCUT2D eigenvalue weighted by atomic mass is 127. The lowest BCUT2D eigenvalue weighted by atomic mass is 10.2. The molecule has 0 aliphatic carbocycles. The van der Waals surface area contributed by atoms with Crippen LogP contribution in [0.1, 0.15) is 21.9 Å². The Morgan fingerprint density at radius 3 is 2.79 bits per heavy atom. The van der Waals surface area contributed by atoms with Crippen LogP contribution in [0.2, 0.25) is 5.02 Å². The van der Waals surface area contributed by atoms with E-state index in [0.717, 1.165) is 9.26 Å². The molecule has 100 valence electrons. The number of hydrogen-bond acceptors (Lipinski definition) is 3. The molecular weight excluding hydrogens is 381 g/mol. The number of carbonyl (C=O) groups is 1. The molecule has 6 heteroatoms. The Morgan fingerprint density at radius 1 is 1.47 bits per heavy atom. The molecule has 0 saturated heterocycles. The van der Waals surface area contributed by atoms with Crippen LogP contribution in [0.5, 0.6) is 0 Å². The van der Waals surface area contributed by atoms with Crippen molar-refractivity contribution < 1.29 is 14.3 Å². The van der Waals surface area contributed by atoms with E-state index in [1.54, 1.807) is 6.92 Å². The van der Waals surface area contributed by atoms with Crippen molar-refractivity contribution in [2.75, 3.05) is 5.32 Å². The van der Waals surface area contributed by atoms with Crippen LogP contribution in [-0.2, 0) is 6.54 Å². The molecular formula is C13H11ClINO3. The van der Waals surface area contributed by atoms with Gasteiger partial charge in [-0.15, -0.1) is 0 Å². The first-order valence-electron chi connectivity index (χ1n) is 5.49. The summed E-state index contributed by atoms with van der Waals surface area (Å²) in [6.45, 7) is 2.01. The number of furan rings is 1. The topological polar surface area (TPSA) is 62.5 Å². The van der Waals surface area contributed by atoms with Crippen molar-refractivity contribution in [3.8, 4) is 0 Å². The number of carboxylic acids is 1. The van der Waals surface area contributed by atoms with E-state index >= 15 is 0 Å². The molecule has 0 bridgehead atoms. The van der Waals surface area contributed by atoms with Gasteiger partial charge in [0.25, 0.3) is 0 Å². The Hall–Kier alpha value is -1.21. The van der Waals surface area contributed by atoms with Crippen LogP contribution in [0.4, 0.5) is 5.69 Å². The Balaban J connectivity index is 2.10. The Bertz CT molecular complexity index is 624. The summed E-state index contributed by atoms with van der Waals surface area (Å²) in [6, 6.07) is 7.18. The number of aryl methyl sites for hydroxylation is 1. The molecule has 0 spiro atoms. The van der Waals surface area contributed by atoms with Crippen molar-refractivity contribution in [1.29, 1.82) is 0 Å². The molecule has 0 atom stereocenters. The van der Waals surface area contributed by atoms with Crippen LogP contribution in [0.15, 0.2) is 28.7 Å². The molecule has 1 aromatic carbocycles. The fourth-order valence-corrected chi connectivity index (χ4v) is 2.58. The minimum absolute atomic E-state index is 0.186. The first kappa shape index (κ1) is 14.2. The van der Waals surface area contributed by atoms with Crippen molar-refractivity contribution in [1.82, 2.24) is 0 Å². The van der Waals surface area contributed by atoms with E-state index in [-0.39, 0.29) is 5.56 Å². The molecule has 1 heterocycles. The fourth-order valence-electron chi connectivity index (χ4n) is 1.66. The van der Waals surface area contributed by atoms with Crippen LogP contribution < -0.4 is 5.32 Å². The summed E-state index contributed by atoms with van der Waals surface area (Å²) in [5, 5.41) is 12.7. The number of rotatable bonds is 4. The van der Waals surface area contributed by atoms with Gasteiger partial charge in [0.15, 0.2) is 0 Å². The first-order valence-corrected chi connectivity index (χ1v) is 6.94. The zero-order chi connectivity index (χ0) is 14.0. The summed E-state index contributed by atoms with van der Waals surface area (Å²) in [7, 11) is 0. The minimum atomic E-state index is -0.986. The Morgan fingerprint density at radius 2 is 2.21 bits per heavy atom. The van der Waals surface area contributed by atoms with Gasteiger partial charge in [-0.3, -0.25) is 0 Å². The first-order chi connectivity index (χ1) is 8.97. The van der Waals surface area contributed by atoms with Gasteiger partial charge in [-0.1, -0.05) is 11.6 Å². The van der Waals surface area contributed by atoms with Crippen molar-refractivity contribution in [2.45, 2.75) is 13.5 Å². The quantitative estimate of drug-likeness (QED) is 0.769. The molecule has 2 N–H and O–H groups in total. The van der Waals surface area contributed by atoms with Gasteiger partial charge in [0.05, 0.1) is 17.3 Å². The molecule has 0 fully saturated rings. The number of nitrogens with one attached hydrogen (secondary N) is 1. The highest BCUT2D eigenvalue weighted by Gasteiger charge is 2.13. The van der Waals surface area contributed by atoms with Crippen LogP contribution in [0, 0.1) is 10.5 Å². The summed E-state index contributed by atoms with van der Waals surface area (Å²) >= 11 is 8.27. The normalized spacial score (nSPS) is 10.5. The van der Waals surface area contributed by atoms with E-state index in [2.05, 4.69) is 27.9 Å².